The van der Waals surface area contributed by atoms with Gasteiger partial charge in [0.15, 0.2) is 5.82 Å². The first-order chi connectivity index (χ1) is 18.6. The standard InChI is InChI=1S/C29H26FN7S/c1-35-28(38)25-26(31-20-7-3-2-4-8-20)36(34-27(25)37-23-11-5-10-22(23)33-29(35)37)17-18-13-15-19(16-14-18)21-9-6-12-24(30)32-21/h2-4,6-9,12-16,22-23,31H,5,10-11,17H2,1H3/t22-,23+/m1/s1. The maximum Gasteiger partial charge on any atom is 0.213 e. The van der Waals surface area contributed by atoms with Crippen molar-refractivity contribution in [2.75, 3.05) is 17.3 Å². The highest BCUT2D eigenvalue weighted by molar-refractivity contribution is 7.80. The summed E-state index contributed by atoms with van der Waals surface area (Å²) >= 11 is 5.99. The van der Waals surface area contributed by atoms with Crippen LogP contribution in [0, 0.1) is 5.95 Å². The van der Waals surface area contributed by atoms with Gasteiger partial charge in [0, 0.05) is 18.3 Å². The van der Waals surface area contributed by atoms with Gasteiger partial charge < -0.3 is 10.2 Å². The SMILES string of the molecule is CN1C(=S)c2c(nn(Cc3ccc(-c4cccc(F)n4)cc3)c2Nc2ccccc2)N2C1=N[C@@H]1CCC[C@@H]12. The van der Waals surface area contributed by atoms with Crippen LogP contribution < -0.4 is 10.2 Å². The molecule has 0 amide bonds. The number of para-hydroxylation sites is 1. The van der Waals surface area contributed by atoms with E-state index < -0.39 is 5.95 Å². The van der Waals surface area contributed by atoms with Gasteiger partial charge in [-0.25, -0.2) is 14.7 Å². The zero-order valence-electron chi connectivity index (χ0n) is 20.9. The Hall–Kier alpha value is -4.11. The van der Waals surface area contributed by atoms with Crippen LogP contribution in [0.3, 0.4) is 0 Å². The zero-order valence-corrected chi connectivity index (χ0v) is 21.7. The van der Waals surface area contributed by atoms with E-state index in [2.05, 4.69) is 15.2 Å². The molecule has 0 unspecified atom stereocenters. The van der Waals surface area contributed by atoms with Gasteiger partial charge >= 0.3 is 0 Å². The first-order valence-corrected chi connectivity index (χ1v) is 13.3. The number of hydrogen-bond acceptors (Lipinski definition) is 6. The number of nitrogens with zero attached hydrogens (tertiary/aromatic N) is 6. The van der Waals surface area contributed by atoms with Gasteiger partial charge in [-0.2, -0.15) is 9.49 Å². The Bertz CT molecular complexity index is 1560. The lowest BCUT2D eigenvalue weighted by Crippen LogP contribution is -2.51. The molecular formula is C29H26FN7S. The molecule has 1 N–H and O–H groups in total. The molecule has 4 heterocycles. The van der Waals surface area contributed by atoms with E-state index in [0.29, 0.717) is 29.3 Å². The number of pyridine rings is 1. The number of halogens is 1. The molecule has 9 heteroatoms. The third kappa shape index (κ3) is 3.77. The second-order valence-corrected chi connectivity index (χ2v) is 10.4. The number of anilines is 3. The minimum Gasteiger partial charge on any atom is -0.340 e. The molecule has 1 fully saturated rings. The van der Waals surface area contributed by atoms with Crippen molar-refractivity contribution in [1.82, 2.24) is 19.7 Å². The van der Waals surface area contributed by atoms with Crippen molar-refractivity contribution in [2.45, 2.75) is 37.9 Å². The number of thiocarbonyl (C=S) groups is 1. The fourth-order valence-corrected chi connectivity index (χ4v) is 6.00. The molecule has 4 aromatic rings. The third-order valence-electron chi connectivity index (χ3n) is 7.59. The van der Waals surface area contributed by atoms with Crippen molar-refractivity contribution < 1.29 is 4.39 Å². The Labute approximate surface area is 225 Å². The summed E-state index contributed by atoms with van der Waals surface area (Å²) in [6, 6.07) is 23.5. The van der Waals surface area contributed by atoms with Crippen LogP contribution >= 0.6 is 12.2 Å². The number of aliphatic imine (C=N–C) groups is 1. The summed E-state index contributed by atoms with van der Waals surface area (Å²) in [4.78, 5) is 14.1. The van der Waals surface area contributed by atoms with E-state index in [1.807, 2.05) is 77.3 Å². The molecule has 2 aromatic carbocycles. The van der Waals surface area contributed by atoms with E-state index >= 15 is 0 Å². The lowest BCUT2D eigenvalue weighted by Gasteiger charge is -2.35. The highest BCUT2D eigenvalue weighted by Crippen LogP contribution is 2.43. The van der Waals surface area contributed by atoms with Crippen molar-refractivity contribution in [1.29, 1.82) is 0 Å². The Balaban J connectivity index is 1.29. The Kier molecular flexibility index (Phi) is 5.47. The molecule has 3 aliphatic rings. The summed E-state index contributed by atoms with van der Waals surface area (Å²) < 4.78 is 15.6. The summed E-state index contributed by atoms with van der Waals surface area (Å²) in [6.07, 6.45) is 3.37. The molecule has 0 spiro atoms. The zero-order chi connectivity index (χ0) is 25.8. The van der Waals surface area contributed by atoms with Gasteiger partial charge in [0.25, 0.3) is 0 Å². The van der Waals surface area contributed by atoms with Crippen molar-refractivity contribution in [3.8, 4) is 11.3 Å². The van der Waals surface area contributed by atoms with Crippen LogP contribution in [0.2, 0.25) is 0 Å². The lowest BCUT2D eigenvalue weighted by atomic mass is 10.1. The normalized spacial score (nSPS) is 19.7. The van der Waals surface area contributed by atoms with Crippen LogP contribution in [0.1, 0.15) is 30.4 Å². The predicted molar refractivity (Wildman–Crippen MR) is 151 cm³/mol. The van der Waals surface area contributed by atoms with Gasteiger partial charge in [0.05, 0.1) is 29.9 Å². The van der Waals surface area contributed by atoms with E-state index in [9.17, 15) is 4.39 Å². The van der Waals surface area contributed by atoms with Gasteiger partial charge in [-0.3, -0.25) is 4.90 Å². The second-order valence-electron chi connectivity index (χ2n) is 9.97. The first-order valence-electron chi connectivity index (χ1n) is 12.9. The van der Waals surface area contributed by atoms with E-state index in [1.165, 1.54) is 12.5 Å². The second kappa shape index (κ2) is 9.02. The number of benzene rings is 2. The average Bonchev–Trinajstić information content (AvgIpc) is 3.62. The highest BCUT2D eigenvalue weighted by Gasteiger charge is 2.48. The number of nitrogens with one attached hydrogen (secondary N) is 1. The molecular weight excluding hydrogens is 497 g/mol. The topological polar surface area (TPSA) is 61.6 Å². The lowest BCUT2D eigenvalue weighted by molar-refractivity contribution is 0.585. The van der Waals surface area contributed by atoms with Crippen LogP contribution in [0.4, 0.5) is 21.7 Å². The van der Waals surface area contributed by atoms with E-state index in [4.69, 9.17) is 22.3 Å². The Morgan fingerprint density at radius 1 is 1.00 bits per heavy atom. The fourth-order valence-electron chi connectivity index (χ4n) is 5.73. The van der Waals surface area contributed by atoms with E-state index in [-0.39, 0.29) is 0 Å². The molecule has 38 heavy (non-hydrogen) atoms. The van der Waals surface area contributed by atoms with Gasteiger partial charge in [-0.05, 0) is 49.1 Å². The van der Waals surface area contributed by atoms with Gasteiger partial charge in [-0.15, -0.1) is 0 Å². The molecule has 2 aromatic heterocycles. The number of aromatic nitrogens is 3. The van der Waals surface area contributed by atoms with E-state index in [1.54, 1.807) is 6.07 Å². The average molecular weight is 524 g/mol. The maximum atomic E-state index is 13.6. The fraction of sp³-hybridized carbons (Fsp3) is 0.241. The molecule has 0 saturated heterocycles. The molecule has 2 aliphatic heterocycles. The van der Waals surface area contributed by atoms with Gasteiger partial charge in [-0.1, -0.05) is 60.7 Å². The Morgan fingerprint density at radius 3 is 2.61 bits per heavy atom. The van der Waals surface area contributed by atoms with Crippen LogP contribution in [0.15, 0.2) is 77.8 Å². The number of guanidine groups is 1. The van der Waals surface area contributed by atoms with Crippen LogP contribution in [-0.2, 0) is 6.54 Å². The van der Waals surface area contributed by atoms with Gasteiger partial charge in [0.1, 0.15) is 10.8 Å². The van der Waals surface area contributed by atoms with Crippen LogP contribution in [0.25, 0.3) is 11.3 Å². The van der Waals surface area contributed by atoms with Crippen molar-refractivity contribution >= 4 is 40.5 Å². The summed E-state index contributed by atoms with van der Waals surface area (Å²) in [7, 11) is 2.00. The monoisotopic (exact) mass is 523 g/mol. The van der Waals surface area contributed by atoms with Crippen LogP contribution in [-0.4, -0.2) is 49.7 Å². The molecule has 1 aliphatic carbocycles. The number of hydrogen-bond donors (Lipinski definition) is 1. The first kappa shape index (κ1) is 23.0. The highest BCUT2D eigenvalue weighted by atomic mass is 32.1. The largest absolute Gasteiger partial charge is 0.340 e. The minimum atomic E-state index is -0.486. The summed E-state index contributed by atoms with van der Waals surface area (Å²) in [6.45, 7) is 0.541. The molecule has 2 atom stereocenters. The summed E-state index contributed by atoms with van der Waals surface area (Å²) in [5.74, 6) is 2.15. The predicted octanol–water partition coefficient (Wildman–Crippen LogP) is 5.59. The summed E-state index contributed by atoms with van der Waals surface area (Å²) in [5, 5.41) is 8.75. The summed E-state index contributed by atoms with van der Waals surface area (Å²) in [5.41, 5.74) is 4.43. The number of rotatable bonds is 5. The number of fused-ring (bicyclic) bond motifs is 5. The molecule has 1 saturated carbocycles. The Morgan fingerprint density at radius 2 is 1.82 bits per heavy atom. The maximum absolute atomic E-state index is 13.6. The van der Waals surface area contributed by atoms with Gasteiger partial charge in [0.2, 0.25) is 11.9 Å². The quantitative estimate of drug-likeness (QED) is 0.272. The molecule has 0 bridgehead atoms. The van der Waals surface area contributed by atoms with Crippen LogP contribution in [0.5, 0.6) is 0 Å². The smallest absolute Gasteiger partial charge is 0.213 e. The van der Waals surface area contributed by atoms with Crippen molar-refractivity contribution in [3.63, 3.8) is 0 Å². The third-order valence-corrected chi connectivity index (χ3v) is 8.06. The molecule has 7 nitrogen and oxygen atoms in total. The molecule has 190 valence electrons. The van der Waals surface area contributed by atoms with Crippen molar-refractivity contribution in [3.05, 3.63) is 89.9 Å². The minimum absolute atomic E-state index is 0.292. The van der Waals surface area contributed by atoms with E-state index in [0.717, 1.165) is 52.8 Å². The molecule has 7 rings (SSSR count). The molecule has 0 radical (unpaired) electrons. The van der Waals surface area contributed by atoms with Crippen molar-refractivity contribution in [2.24, 2.45) is 4.99 Å².